The number of anilines is 1. The normalized spacial score (nSPS) is 16.6. The molecule has 2 amide bonds. The number of para-hydroxylation sites is 1. The predicted molar refractivity (Wildman–Crippen MR) is 138 cm³/mol. The number of carbonyl (C=O) groups excluding carboxylic acids is 2. The number of hydrogen-bond donors (Lipinski definition) is 1. The Morgan fingerprint density at radius 3 is 2.44 bits per heavy atom. The fraction of sp³-hybridized carbons (Fsp3) is 0.185. The van der Waals surface area contributed by atoms with Crippen molar-refractivity contribution in [3.8, 4) is 0 Å². The van der Waals surface area contributed by atoms with E-state index >= 15 is 0 Å². The Hall–Kier alpha value is -3.71. The fourth-order valence-corrected chi connectivity index (χ4v) is 4.78. The van der Waals surface area contributed by atoms with Gasteiger partial charge in [-0.05, 0) is 41.3 Å². The van der Waals surface area contributed by atoms with Gasteiger partial charge in [0.2, 0.25) is 5.91 Å². The molecule has 3 aromatic carbocycles. The molecule has 1 unspecified atom stereocenters. The largest absolute Gasteiger partial charge is 0.325 e. The van der Waals surface area contributed by atoms with Gasteiger partial charge in [-0.15, -0.1) is 0 Å². The van der Waals surface area contributed by atoms with Crippen LogP contribution in [0, 0.1) is 0 Å². The van der Waals surface area contributed by atoms with Gasteiger partial charge in [-0.2, -0.15) is 0 Å². The number of amides is 2. The predicted octanol–water partition coefficient (Wildman–Crippen LogP) is 5.51. The molecule has 0 aromatic heterocycles. The highest BCUT2D eigenvalue weighted by Gasteiger charge is 2.42. The van der Waals surface area contributed by atoms with E-state index < -0.39 is 6.04 Å². The second-order valence-corrected chi connectivity index (χ2v) is 9.41. The summed E-state index contributed by atoms with van der Waals surface area (Å²) >= 11 is 1.24. The first-order chi connectivity index (χ1) is 16.5. The van der Waals surface area contributed by atoms with Crippen molar-refractivity contribution < 1.29 is 9.59 Å². The Bertz CT molecular complexity index is 1300. The van der Waals surface area contributed by atoms with Gasteiger partial charge in [-0.1, -0.05) is 80.2 Å². The minimum absolute atomic E-state index is 0.125. The fourth-order valence-electron chi connectivity index (χ4n) is 3.98. The molecule has 0 radical (unpaired) electrons. The minimum atomic E-state index is -0.624. The SMILES string of the molecule is CC(C)c1ccc(NC(=O)CSC2=Nc3ccccc3C3=NC(c4ccccc4)C(=O)N23)cc1. The van der Waals surface area contributed by atoms with Crippen LogP contribution in [-0.4, -0.2) is 33.5 Å². The van der Waals surface area contributed by atoms with Crippen LogP contribution in [-0.2, 0) is 9.59 Å². The zero-order valence-corrected chi connectivity index (χ0v) is 19.8. The van der Waals surface area contributed by atoms with Gasteiger partial charge in [0.25, 0.3) is 5.91 Å². The monoisotopic (exact) mass is 468 g/mol. The minimum Gasteiger partial charge on any atom is -0.325 e. The standard InChI is InChI=1S/C27H24N4O2S/c1-17(2)18-12-14-20(15-13-18)28-23(32)16-34-27-29-22-11-7-6-10-21(22)25-30-24(26(33)31(25)27)19-8-4-3-5-9-19/h3-15,17,24H,16H2,1-2H3,(H,28,32). The summed E-state index contributed by atoms with van der Waals surface area (Å²) in [5.74, 6) is 0.818. The first kappa shape index (κ1) is 22.1. The average molecular weight is 469 g/mol. The smallest absolute Gasteiger partial charge is 0.263 e. The van der Waals surface area contributed by atoms with Crippen molar-refractivity contribution in [2.75, 3.05) is 11.1 Å². The molecule has 5 rings (SSSR count). The summed E-state index contributed by atoms with van der Waals surface area (Å²) in [4.78, 5) is 37.1. The molecule has 7 heteroatoms. The summed E-state index contributed by atoms with van der Waals surface area (Å²) in [6.45, 7) is 4.26. The highest BCUT2D eigenvalue weighted by molar-refractivity contribution is 8.14. The van der Waals surface area contributed by atoms with E-state index in [4.69, 9.17) is 9.98 Å². The first-order valence-electron chi connectivity index (χ1n) is 11.2. The number of nitrogens with one attached hydrogen (secondary N) is 1. The lowest BCUT2D eigenvalue weighted by molar-refractivity contribution is -0.124. The van der Waals surface area contributed by atoms with Crippen molar-refractivity contribution in [1.29, 1.82) is 0 Å². The molecule has 0 saturated heterocycles. The van der Waals surface area contributed by atoms with Crippen molar-refractivity contribution in [3.05, 3.63) is 95.6 Å². The highest BCUT2D eigenvalue weighted by Crippen LogP contribution is 2.37. The van der Waals surface area contributed by atoms with Gasteiger partial charge >= 0.3 is 0 Å². The Morgan fingerprint density at radius 1 is 1.00 bits per heavy atom. The van der Waals surface area contributed by atoms with Crippen LogP contribution in [0.2, 0.25) is 0 Å². The molecule has 0 aliphatic carbocycles. The quantitative estimate of drug-likeness (QED) is 0.536. The highest BCUT2D eigenvalue weighted by atomic mass is 32.2. The molecule has 2 heterocycles. The van der Waals surface area contributed by atoms with Crippen LogP contribution >= 0.6 is 11.8 Å². The van der Waals surface area contributed by atoms with Crippen LogP contribution < -0.4 is 5.32 Å². The zero-order valence-electron chi connectivity index (χ0n) is 18.9. The number of amidine groups is 2. The van der Waals surface area contributed by atoms with Crippen LogP contribution in [0.3, 0.4) is 0 Å². The average Bonchev–Trinajstić information content (AvgIpc) is 3.21. The number of rotatable bonds is 5. The lowest BCUT2D eigenvalue weighted by atomic mass is 10.0. The summed E-state index contributed by atoms with van der Waals surface area (Å²) in [7, 11) is 0. The molecule has 34 heavy (non-hydrogen) atoms. The van der Waals surface area contributed by atoms with Gasteiger partial charge in [0.1, 0.15) is 5.84 Å². The lowest BCUT2D eigenvalue weighted by Gasteiger charge is -2.25. The van der Waals surface area contributed by atoms with Gasteiger partial charge < -0.3 is 5.32 Å². The Balaban J connectivity index is 1.35. The number of hydrogen-bond acceptors (Lipinski definition) is 5. The van der Waals surface area contributed by atoms with Gasteiger partial charge in [-0.3, -0.25) is 9.59 Å². The zero-order chi connectivity index (χ0) is 23.7. The summed E-state index contributed by atoms with van der Waals surface area (Å²) in [5.41, 5.74) is 4.35. The van der Waals surface area contributed by atoms with Crippen LogP contribution in [0.25, 0.3) is 0 Å². The van der Waals surface area contributed by atoms with Crippen molar-refractivity contribution in [2.45, 2.75) is 25.8 Å². The molecule has 0 fully saturated rings. The van der Waals surface area contributed by atoms with E-state index in [0.717, 1.165) is 22.5 Å². The van der Waals surface area contributed by atoms with E-state index in [9.17, 15) is 9.59 Å². The summed E-state index contributed by atoms with van der Waals surface area (Å²) in [6, 6.07) is 24.4. The van der Waals surface area contributed by atoms with E-state index in [1.165, 1.54) is 17.3 Å². The molecule has 1 N–H and O–H groups in total. The number of carbonyl (C=O) groups is 2. The summed E-state index contributed by atoms with van der Waals surface area (Å²) in [6.07, 6.45) is 0. The van der Waals surface area contributed by atoms with E-state index in [1.54, 1.807) is 4.90 Å². The number of aliphatic imine (C=N–C) groups is 2. The Morgan fingerprint density at radius 2 is 1.71 bits per heavy atom. The first-order valence-corrected chi connectivity index (χ1v) is 12.2. The second-order valence-electron chi connectivity index (χ2n) is 8.46. The van der Waals surface area contributed by atoms with E-state index in [0.29, 0.717) is 16.9 Å². The topological polar surface area (TPSA) is 74.1 Å². The third-order valence-electron chi connectivity index (χ3n) is 5.78. The molecule has 2 aliphatic heterocycles. The Kier molecular flexibility index (Phi) is 6.02. The van der Waals surface area contributed by atoms with E-state index in [2.05, 4.69) is 19.2 Å². The van der Waals surface area contributed by atoms with Crippen molar-refractivity contribution in [3.63, 3.8) is 0 Å². The third-order valence-corrected chi connectivity index (χ3v) is 6.72. The van der Waals surface area contributed by atoms with Gasteiger partial charge in [0, 0.05) is 11.3 Å². The molecular weight excluding hydrogens is 444 g/mol. The van der Waals surface area contributed by atoms with Crippen LogP contribution in [0.4, 0.5) is 11.4 Å². The third kappa shape index (κ3) is 4.26. The van der Waals surface area contributed by atoms with Crippen molar-refractivity contribution >= 4 is 46.0 Å². The molecule has 170 valence electrons. The molecule has 0 saturated carbocycles. The van der Waals surface area contributed by atoms with Gasteiger partial charge in [-0.25, -0.2) is 14.9 Å². The maximum Gasteiger partial charge on any atom is 0.263 e. The molecule has 3 aromatic rings. The number of thioether (sulfide) groups is 1. The van der Waals surface area contributed by atoms with Crippen LogP contribution in [0.5, 0.6) is 0 Å². The maximum atomic E-state index is 13.4. The van der Waals surface area contributed by atoms with Gasteiger partial charge in [0.15, 0.2) is 11.2 Å². The molecule has 2 aliphatic rings. The molecule has 0 spiro atoms. The molecule has 6 nitrogen and oxygen atoms in total. The number of fused-ring (bicyclic) bond motifs is 3. The second kappa shape index (κ2) is 9.27. The lowest BCUT2D eigenvalue weighted by Crippen LogP contribution is -2.40. The maximum absolute atomic E-state index is 13.4. The van der Waals surface area contributed by atoms with Crippen molar-refractivity contribution in [2.24, 2.45) is 9.98 Å². The summed E-state index contributed by atoms with van der Waals surface area (Å²) in [5, 5.41) is 3.39. The molecule has 0 bridgehead atoms. The van der Waals surface area contributed by atoms with Crippen molar-refractivity contribution in [1.82, 2.24) is 4.90 Å². The number of benzene rings is 3. The van der Waals surface area contributed by atoms with Crippen LogP contribution in [0.1, 0.15) is 42.5 Å². The van der Waals surface area contributed by atoms with E-state index in [1.807, 2.05) is 78.9 Å². The summed E-state index contributed by atoms with van der Waals surface area (Å²) < 4.78 is 0. The number of nitrogens with zero attached hydrogens (tertiary/aromatic N) is 3. The van der Waals surface area contributed by atoms with Crippen LogP contribution in [0.15, 0.2) is 88.8 Å². The molecule has 1 atom stereocenters. The van der Waals surface area contributed by atoms with Gasteiger partial charge in [0.05, 0.1) is 11.4 Å². The molecular formula is C27H24N4O2S. The van der Waals surface area contributed by atoms with E-state index in [-0.39, 0.29) is 17.6 Å². The Labute approximate surface area is 202 Å².